The van der Waals surface area contributed by atoms with Crippen LogP contribution in [0, 0.1) is 0 Å². The molecule has 25 heavy (non-hydrogen) atoms. The Hall–Kier alpha value is -2.44. The van der Waals surface area contributed by atoms with Gasteiger partial charge >= 0.3 is 0 Å². The average molecular weight is 352 g/mol. The predicted octanol–water partition coefficient (Wildman–Crippen LogP) is 2.72. The van der Waals surface area contributed by atoms with Gasteiger partial charge in [-0.05, 0) is 29.7 Å². The van der Waals surface area contributed by atoms with Crippen molar-refractivity contribution in [1.82, 2.24) is 9.88 Å². The maximum absolute atomic E-state index is 11.6. The van der Waals surface area contributed by atoms with E-state index >= 15 is 0 Å². The van der Waals surface area contributed by atoms with E-state index in [-0.39, 0.29) is 0 Å². The first-order valence-corrected chi connectivity index (χ1v) is 9.22. The Morgan fingerprint density at radius 3 is 2.68 bits per heavy atom. The number of carbonyl (C=O) groups is 1. The van der Waals surface area contributed by atoms with Gasteiger partial charge in [-0.1, -0.05) is 18.2 Å². The molecule has 1 aliphatic rings. The molecule has 1 aliphatic heterocycles. The Morgan fingerprint density at radius 1 is 1.12 bits per heavy atom. The van der Waals surface area contributed by atoms with E-state index in [1.807, 2.05) is 11.3 Å². The number of hydrogen-bond acceptors (Lipinski definition) is 5. The standard InChI is InChI=1S/C19H20N4OS/c20-18(24)16-5-3-7-21-19(16)23-10-8-22(9-11-23)13-15-12-14-4-1-2-6-17(14)25-15/h1-7,12H,8-11,13H2,(H2,20,24). The molecule has 0 saturated carbocycles. The normalized spacial score (nSPS) is 15.6. The number of piperazine rings is 1. The van der Waals surface area contributed by atoms with Gasteiger partial charge in [-0.25, -0.2) is 4.98 Å². The van der Waals surface area contributed by atoms with Crippen LogP contribution < -0.4 is 10.6 Å². The fraction of sp³-hybridized carbons (Fsp3) is 0.263. The summed E-state index contributed by atoms with van der Waals surface area (Å²) in [6.45, 7) is 4.56. The lowest BCUT2D eigenvalue weighted by Gasteiger charge is -2.35. The molecule has 1 saturated heterocycles. The first kappa shape index (κ1) is 16.1. The fourth-order valence-corrected chi connectivity index (χ4v) is 4.40. The lowest BCUT2D eigenvalue weighted by atomic mass is 10.2. The third-order valence-corrected chi connectivity index (χ3v) is 5.68. The average Bonchev–Trinajstić information content (AvgIpc) is 3.04. The number of amides is 1. The molecule has 5 nitrogen and oxygen atoms in total. The van der Waals surface area contributed by atoms with Gasteiger partial charge in [-0.3, -0.25) is 9.69 Å². The number of nitrogens with zero attached hydrogens (tertiary/aromatic N) is 3. The van der Waals surface area contributed by atoms with E-state index in [2.05, 4.69) is 45.1 Å². The first-order chi connectivity index (χ1) is 12.2. The van der Waals surface area contributed by atoms with Crippen molar-refractivity contribution in [3.63, 3.8) is 0 Å². The van der Waals surface area contributed by atoms with Crippen LogP contribution in [0.2, 0.25) is 0 Å². The van der Waals surface area contributed by atoms with E-state index < -0.39 is 5.91 Å². The highest BCUT2D eigenvalue weighted by Crippen LogP contribution is 2.27. The molecule has 3 aromatic rings. The molecule has 3 heterocycles. The largest absolute Gasteiger partial charge is 0.365 e. The molecule has 0 radical (unpaired) electrons. The zero-order valence-electron chi connectivity index (χ0n) is 13.9. The van der Waals surface area contributed by atoms with E-state index in [0.717, 1.165) is 32.7 Å². The summed E-state index contributed by atoms with van der Waals surface area (Å²) in [6.07, 6.45) is 1.71. The first-order valence-electron chi connectivity index (χ1n) is 8.40. The number of primary amides is 1. The van der Waals surface area contributed by atoms with Gasteiger partial charge in [-0.2, -0.15) is 0 Å². The molecule has 128 valence electrons. The second-order valence-corrected chi connectivity index (χ2v) is 7.42. The van der Waals surface area contributed by atoms with Crippen LogP contribution in [0.3, 0.4) is 0 Å². The molecule has 0 spiro atoms. The summed E-state index contributed by atoms with van der Waals surface area (Å²) < 4.78 is 1.34. The topological polar surface area (TPSA) is 62.5 Å². The van der Waals surface area contributed by atoms with E-state index in [1.165, 1.54) is 15.0 Å². The minimum atomic E-state index is -0.421. The summed E-state index contributed by atoms with van der Waals surface area (Å²) in [6, 6.07) is 14.3. The van der Waals surface area contributed by atoms with Crippen LogP contribution in [0.15, 0.2) is 48.7 Å². The Bertz CT molecular complexity index is 866. The number of fused-ring (bicyclic) bond motifs is 1. The van der Waals surface area contributed by atoms with Gasteiger partial charge in [0.25, 0.3) is 5.91 Å². The van der Waals surface area contributed by atoms with Crippen LogP contribution in [0.25, 0.3) is 10.1 Å². The quantitative estimate of drug-likeness (QED) is 0.784. The summed E-state index contributed by atoms with van der Waals surface area (Å²) in [5.74, 6) is 0.285. The number of carbonyl (C=O) groups excluding carboxylic acids is 1. The zero-order valence-corrected chi connectivity index (χ0v) is 14.7. The fourth-order valence-electron chi connectivity index (χ4n) is 3.29. The van der Waals surface area contributed by atoms with Gasteiger partial charge in [0.05, 0.1) is 5.56 Å². The predicted molar refractivity (Wildman–Crippen MR) is 102 cm³/mol. The molecule has 0 unspecified atom stereocenters. The van der Waals surface area contributed by atoms with Crippen molar-refractivity contribution in [3.05, 3.63) is 59.1 Å². The molecule has 2 aromatic heterocycles. The monoisotopic (exact) mass is 352 g/mol. The van der Waals surface area contributed by atoms with Crippen molar-refractivity contribution in [2.45, 2.75) is 6.54 Å². The molecular weight excluding hydrogens is 332 g/mol. The molecule has 0 aliphatic carbocycles. The minimum Gasteiger partial charge on any atom is -0.365 e. The van der Waals surface area contributed by atoms with Crippen LogP contribution in [0.5, 0.6) is 0 Å². The SMILES string of the molecule is NC(=O)c1cccnc1N1CCN(Cc2cc3ccccc3s2)CC1. The van der Waals surface area contributed by atoms with Crippen molar-refractivity contribution in [1.29, 1.82) is 0 Å². The van der Waals surface area contributed by atoms with Crippen LogP contribution in [-0.2, 0) is 6.54 Å². The molecule has 1 fully saturated rings. The van der Waals surface area contributed by atoms with Gasteiger partial charge in [-0.15, -0.1) is 11.3 Å². The molecule has 2 N–H and O–H groups in total. The summed E-state index contributed by atoms with van der Waals surface area (Å²) in [7, 11) is 0. The number of rotatable bonds is 4. The molecule has 6 heteroatoms. The lowest BCUT2D eigenvalue weighted by Crippen LogP contribution is -2.46. The van der Waals surface area contributed by atoms with Gasteiger partial charge in [0, 0.05) is 48.5 Å². The highest BCUT2D eigenvalue weighted by molar-refractivity contribution is 7.19. The second kappa shape index (κ2) is 6.82. The maximum atomic E-state index is 11.6. The van der Waals surface area contributed by atoms with Crippen LogP contribution in [0.1, 0.15) is 15.2 Å². The smallest absolute Gasteiger partial charge is 0.252 e. The molecule has 0 bridgehead atoms. The van der Waals surface area contributed by atoms with Crippen LogP contribution in [0.4, 0.5) is 5.82 Å². The summed E-state index contributed by atoms with van der Waals surface area (Å²) in [5, 5.41) is 1.32. The van der Waals surface area contributed by atoms with E-state index in [4.69, 9.17) is 5.73 Å². The third kappa shape index (κ3) is 3.36. The summed E-state index contributed by atoms with van der Waals surface area (Å²) >= 11 is 1.87. The van der Waals surface area contributed by atoms with Crippen molar-refractivity contribution in [2.24, 2.45) is 5.73 Å². The van der Waals surface area contributed by atoms with Gasteiger partial charge in [0.15, 0.2) is 0 Å². The van der Waals surface area contributed by atoms with Crippen molar-refractivity contribution >= 4 is 33.1 Å². The van der Waals surface area contributed by atoms with E-state index in [9.17, 15) is 4.79 Å². The Morgan fingerprint density at radius 2 is 1.92 bits per heavy atom. The van der Waals surface area contributed by atoms with Crippen molar-refractivity contribution in [3.8, 4) is 0 Å². The maximum Gasteiger partial charge on any atom is 0.252 e. The van der Waals surface area contributed by atoms with Crippen LogP contribution >= 0.6 is 11.3 Å². The van der Waals surface area contributed by atoms with E-state index in [0.29, 0.717) is 11.4 Å². The number of pyridine rings is 1. The molecular formula is C19H20N4OS. The third-order valence-electron chi connectivity index (χ3n) is 4.58. The highest BCUT2D eigenvalue weighted by atomic mass is 32.1. The summed E-state index contributed by atoms with van der Waals surface area (Å²) in [5.41, 5.74) is 5.97. The number of anilines is 1. The van der Waals surface area contributed by atoms with Crippen LogP contribution in [-0.4, -0.2) is 42.0 Å². The lowest BCUT2D eigenvalue weighted by molar-refractivity contribution is 0.1000. The minimum absolute atomic E-state index is 0.421. The Labute approximate surface area is 150 Å². The molecule has 4 rings (SSSR count). The molecule has 1 aromatic carbocycles. The number of benzene rings is 1. The van der Waals surface area contributed by atoms with Crippen molar-refractivity contribution in [2.75, 3.05) is 31.1 Å². The van der Waals surface area contributed by atoms with Gasteiger partial charge in [0.1, 0.15) is 5.82 Å². The van der Waals surface area contributed by atoms with Gasteiger partial charge < -0.3 is 10.6 Å². The number of hydrogen-bond donors (Lipinski definition) is 1. The summed E-state index contributed by atoms with van der Waals surface area (Å²) in [4.78, 5) is 22.0. The number of thiophene rings is 1. The second-order valence-electron chi connectivity index (χ2n) is 6.25. The van der Waals surface area contributed by atoms with E-state index in [1.54, 1.807) is 18.3 Å². The highest BCUT2D eigenvalue weighted by Gasteiger charge is 2.22. The van der Waals surface area contributed by atoms with Crippen molar-refractivity contribution < 1.29 is 4.79 Å². The molecule has 1 amide bonds. The molecule has 0 atom stereocenters. The number of nitrogens with two attached hydrogens (primary N) is 1. The Balaban J connectivity index is 1.42. The van der Waals surface area contributed by atoms with Gasteiger partial charge in [0.2, 0.25) is 0 Å². The Kier molecular flexibility index (Phi) is 4.38. The number of aromatic nitrogens is 1. The zero-order chi connectivity index (χ0) is 17.2.